The summed E-state index contributed by atoms with van der Waals surface area (Å²) in [5.74, 6) is 0. The van der Waals surface area contributed by atoms with Crippen LogP contribution in [0.2, 0.25) is 0 Å². The van der Waals surface area contributed by atoms with Gasteiger partial charge in [0, 0.05) is 11.8 Å². The second kappa shape index (κ2) is 4.07. The summed E-state index contributed by atoms with van der Waals surface area (Å²) in [7, 11) is 0. The van der Waals surface area contributed by atoms with Crippen molar-refractivity contribution in [2.45, 2.75) is 19.2 Å². The van der Waals surface area contributed by atoms with E-state index in [1.807, 2.05) is 6.20 Å². The minimum Gasteiger partial charge on any atom is -0.285 e. The Hall–Kier alpha value is -1.28. The van der Waals surface area contributed by atoms with E-state index in [1.54, 1.807) is 6.20 Å². The highest BCUT2D eigenvalue weighted by Gasteiger charge is 2.13. The SMILES string of the molecule is Cc1ccc(C(Cl)c2cn[nH]c2)c(C)c1. The van der Waals surface area contributed by atoms with Gasteiger partial charge in [-0.05, 0) is 25.0 Å². The van der Waals surface area contributed by atoms with Gasteiger partial charge in [-0.25, -0.2) is 0 Å². The first-order valence-corrected chi connectivity index (χ1v) is 5.32. The molecule has 2 aromatic rings. The highest BCUT2D eigenvalue weighted by molar-refractivity contribution is 6.22. The molecule has 0 aliphatic carbocycles. The molecule has 78 valence electrons. The molecule has 0 saturated heterocycles. The Morgan fingerprint density at radius 3 is 2.73 bits per heavy atom. The van der Waals surface area contributed by atoms with E-state index in [0.29, 0.717) is 0 Å². The molecule has 1 heterocycles. The summed E-state index contributed by atoms with van der Waals surface area (Å²) < 4.78 is 0. The number of nitrogens with one attached hydrogen (secondary N) is 1. The topological polar surface area (TPSA) is 28.7 Å². The second-order valence-electron chi connectivity index (χ2n) is 3.75. The summed E-state index contributed by atoms with van der Waals surface area (Å²) in [6, 6.07) is 6.30. The quantitative estimate of drug-likeness (QED) is 0.773. The molecule has 2 nitrogen and oxygen atoms in total. The average molecular weight is 221 g/mol. The van der Waals surface area contributed by atoms with Gasteiger partial charge in [0.2, 0.25) is 0 Å². The molecule has 0 aliphatic heterocycles. The van der Waals surface area contributed by atoms with Crippen LogP contribution < -0.4 is 0 Å². The van der Waals surface area contributed by atoms with Crippen molar-refractivity contribution in [2.75, 3.05) is 0 Å². The Kier molecular flexibility index (Phi) is 2.78. The molecular weight excluding hydrogens is 208 g/mol. The molecular formula is C12H13ClN2. The Labute approximate surface area is 94.3 Å². The van der Waals surface area contributed by atoms with Gasteiger partial charge in [-0.2, -0.15) is 5.10 Å². The molecule has 0 spiro atoms. The van der Waals surface area contributed by atoms with E-state index in [1.165, 1.54) is 11.1 Å². The van der Waals surface area contributed by atoms with Crippen LogP contribution in [0.5, 0.6) is 0 Å². The summed E-state index contributed by atoms with van der Waals surface area (Å²) in [4.78, 5) is 0. The van der Waals surface area contributed by atoms with Crippen LogP contribution in [0.15, 0.2) is 30.6 Å². The number of rotatable bonds is 2. The number of hydrogen-bond donors (Lipinski definition) is 1. The highest BCUT2D eigenvalue weighted by Crippen LogP contribution is 2.30. The van der Waals surface area contributed by atoms with Gasteiger partial charge in [0.15, 0.2) is 0 Å². The Balaban J connectivity index is 2.38. The highest BCUT2D eigenvalue weighted by atomic mass is 35.5. The second-order valence-corrected chi connectivity index (χ2v) is 4.19. The molecule has 1 aromatic carbocycles. The summed E-state index contributed by atoms with van der Waals surface area (Å²) in [5, 5.41) is 6.56. The van der Waals surface area contributed by atoms with Gasteiger partial charge in [-0.3, -0.25) is 5.10 Å². The Bertz CT molecular complexity index is 449. The summed E-state index contributed by atoms with van der Waals surface area (Å²) in [6.07, 6.45) is 3.59. The molecule has 1 unspecified atom stereocenters. The molecule has 0 saturated carbocycles. The van der Waals surface area contributed by atoms with Crippen LogP contribution in [0.25, 0.3) is 0 Å². The maximum Gasteiger partial charge on any atom is 0.0868 e. The fourth-order valence-electron chi connectivity index (χ4n) is 1.69. The predicted octanol–water partition coefficient (Wildman–Crippen LogP) is 3.35. The lowest BCUT2D eigenvalue weighted by molar-refractivity contribution is 1.09. The van der Waals surface area contributed by atoms with E-state index in [2.05, 4.69) is 42.2 Å². The van der Waals surface area contributed by atoms with E-state index in [0.717, 1.165) is 11.1 Å². The normalized spacial score (nSPS) is 12.7. The maximum absolute atomic E-state index is 6.37. The lowest BCUT2D eigenvalue weighted by atomic mass is 10.0. The molecule has 0 amide bonds. The molecule has 1 aromatic heterocycles. The van der Waals surface area contributed by atoms with Crippen LogP contribution in [0.4, 0.5) is 0 Å². The van der Waals surface area contributed by atoms with Crippen molar-refractivity contribution in [3.63, 3.8) is 0 Å². The molecule has 0 aliphatic rings. The van der Waals surface area contributed by atoms with Gasteiger partial charge in [-0.15, -0.1) is 11.6 Å². The van der Waals surface area contributed by atoms with Crippen LogP contribution in [0, 0.1) is 13.8 Å². The zero-order valence-corrected chi connectivity index (χ0v) is 9.55. The summed E-state index contributed by atoms with van der Waals surface area (Å²) >= 11 is 6.37. The lowest BCUT2D eigenvalue weighted by Crippen LogP contribution is -1.95. The largest absolute Gasteiger partial charge is 0.285 e. The molecule has 1 atom stereocenters. The van der Waals surface area contributed by atoms with E-state index < -0.39 is 0 Å². The molecule has 0 bridgehead atoms. The summed E-state index contributed by atoms with van der Waals surface area (Å²) in [6.45, 7) is 4.16. The van der Waals surface area contributed by atoms with Crippen molar-refractivity contribution < 1.29 is 0 Å². The van der Waals surface area contributed by atoms with Crippen LogP contribution in [-0.2, 0) is 0 Å². The number of benzene rings is 1. The van der Waals surface area contributed by atoms with Gasteiger partial charge < -0.3 is 0 Å². The molecule has 3 heteroatoms. The number of aromatic nitrogens is 2. The third-order valence-electron chi connectivity index (χ3n) is 2.51. The lowest BCUT2D eigenvalue weighted by Gasteiger charge is -2.11. The third kappa shape index (κ3) is 2.05. The fraction of sp³-hybridized carbons (Fsp3) is 0.250. The van der Waals surface area contributed by atoms with Crippen molar-refractivity contribution in [1.82, 2.24) is 10.2 Å². The number of aryl methyl sites for hydroxylation is 2. The molecule has 0 radical (unpaired) electrons. The maximum atomic E-state index is 6.37. The predicted molar refractivity (Wildman–Crippen MR) is 62.2 cm³/mol. The Morgan fingerprint density at radius 2 is 2.13 bits per heavy atom. The third-order valence-corrected chi connectivity index (χ3v) is 3.00. The zero-order valence-electron chi connectivity index (χ0n) is 8.79. The van der Waals surface area contributed by atoms with Gasteiger partial charge in [0.05, 0.1) is 11.6 Å². The molecule has 2 rings (SSSR count). The first kappa shape index (κ1) is 10.2. The number of H-pyrrole nitrogens is 1. The first-order chi connectivity index (χ1) is 7.18. The monoisotopic (exact) mass is 220 g/mol. The average Bonchev–Trinajstić information content (AvgIpc) is 2.69. The first-order valence-electron chi connectivity index (χ1n) is 4.88. The number of hydrogen-bond acceptors (Lipinski definition) is 1. The van der Waals surface area contributed by atoms with Crippen LogP contribution in [-0.4, -0.2) is 10.2 Å². The van der Waals surface area contributed by atoms with E-state index in [-0.39, 0.29) is 5.38 Å². The minimum absolute atomic E-state index is 0.121. The zero-order chi connectivity index (χ0) is 10.8. The van der Waals surface area contributed by atoms with Gasteiger partial charge in [-0.1, -0.05) is 23.8 Å². The minimum atomic E-state index is -0.121. The number of alkyl halides is 1. The molecule has 1 N–H and O–H groups in total. The standard InChI is InChI=1S/C12H13ClN2/c1-8-3-4-11(9(2)5-8)12(13)10-6-14-15-7-10/h3-7,12H,1-2H3,(H,14,15). The van der Waals surface area contributed by atoms with Crippen molar-refractivity contribution in [3.8, 4) is 0 Å². The van der Waals surface area contributed by atoms with Gasteiger partial charge in [0.25, 0.3) is 0 Å². The number of nitrogens with zero attached hydrogens (tertiary/aromatic N) is 1. The molecule has 0 fully saturated rings. The van der Waals surface area contributed by atoms with Crippen molar-refractivity contribution in [2.24, 2.45) is 0 Å². The van der Waals surface area contributed by atoms with E-state index >= 15 is 0 Å². The number of aromatic amines is 1. The smallest absolute Gasteiger partial charge is 0.0868 e. The van der Waals surface area contributed by atoms with Crippen LogP contribution in [0.1, 0.15) is 27.6 Å². The van der Waals surface area contributed by atoms with Crippen LogP contribution in [0.3, 0.4) is 0 Å². The molecule has 15 heavy (non-hydrogen) atoms. The van der Waals surface area contributed by atoms with Gasteiger partial charge in [0.1, 0.15) is 0 Å². The van der Waals surface area contributed by atoms with E-state index in [9.17, 15) is 0 Å². The number of halogens is 1. The van der Waals surface area contributed by atoms with Crippen LogP contribution >= 0.6 is 11.6 Å². The fourth-order valence-corrected chi connectivity index (χ4v) is 2.05. The van der Waals surface area contributed by atoms with Gasteiger partial charge >= 0.3 is 0 Å². The van der Waals surface area contributed by atoms with E-state index in [4.69, 9.17) is 11.6 Å². The summed E-state index contributed by atoms with van der Waals surface area (Å²) in [5.41, 5.74) is 4.62. The Morgan fingerprint density at radius 1 is 1.33 bits per heavy atom. The van der Waals surface area contributed by atoms with Crippen molar-refractivity contribution in [1.29, 1.82) is 0 Å². The van der Waals surface area contributed by atoms with Crippen molar-refractivity contribution in [3.05, 3.63) is 52.8 Å². The van der Waals surface area contributed by atoms with Crippen molar-refractivity contribution >= 4 is 11.6 Å².